The fourth-order valence-corrected chi connectivity index (χ4v) is 4.94. The van der Waals surface area contributed by atoms with Gasteiger partial charge in [0.05, 0.1) is 5.69 Å². The van der Waals surface area contributed by atoms with Crippen LogP contribution in [0.3, 0.4) is 0 Å². The Balaban J connectivity index is 2.05. The van der Waals surface area contributed by atoms with Crippen molar-refractivity contribution >= 4 is 21.9 Å². The first-order valence-electron chi connectivity index (χ1n) is 10.1. The van der Waals surface area contributed by atoms with Gasteiger partial charge in [-0.05, 0) is 71.4 Å². The molecule has 1 heterocycles. The third-order valence-corrected chi connectivity index (χ3v) is 7.95. The van der Waals surface area contributed by atoms with Crippen molar-refractivity contribution in [1.29, 1.82) is 0 Å². The van der Waals surface area contributed by atoms with Gasteiger partial charge in [-0.3, -0.25) is 0 Å². The molecule has 1 aliphatic rings. The van der Waals surface area contributed by atoms with Crippen LogP contribution in [0.15, 0.2) is 24.7 Å². The Morgan fingerprint density at radius 1 is 1.10 bits per heavy atom. The first-order chi connectivity index (χ1) is 13.3. The number of benzene rings is 1. The van der Waals surface area contributed by atoms with E-state index in [9.17, 15) is 8.42 Å². The Morgan fingerprint density at radius 3 is 2.21 bits per heavy atom. The van der Waals surface area contributed by atoms with Gasteiger partial charge < -0.3 is 0 Å². The zero-order chi connectivity index (χ0) is 21.8. The van der Waals surface area contributed by atoms with E-state index in [-0.39, 0.29) is 10.8 Å². The fourth-order valence-electron chi connectivity index (χ4n) is 4.16. The second-order valence-corrected chi connectivity index (χ2v) is 11.8. The summed E-state index contributed by atoms with van der Waals surface area (Å²) in [5, 5.41) is 0. The summed E-state index contributed by atoms with van der Waals surface area (Å²) < 4.78 is 26.9. The second kappa shape index (κ2) is 7.10. The van der Waals surface area contributed by atoms with Gasteiger partial charge in [0, 0.05) is 20.3 Å². The highest BCUT2D eigenvalue weighted by molar-refractivity contribution is 7.87. The van der Waals surface area contributed by atoms with Crippen LogP contribution in [0.1, 0.15) is 75.4 Å². The highest BCUT2D eigenvalue weighted by Crippen LogP contribution is 2.47. The fraction of sp³-hybridized carbons (Fsp3) is 0.522. The molecular formula is C23H33N3O2S. The minimum Gasteiger partial charge on any atom is -0.236 e. The van der Waals surface area contributed by atoms with Crippen molar-refractivity contribution in [2.24, 2.45) is 0 Å². The lowest BCUT2D eigenvalue weighted by molar-refractivity contribution is 0.331. The Kier molecular flexibility index (Phi) is 5.33. The van der Waals surface area contributed by atoms with E-state index in [1.54, 1.807) is 6.20 Å². The number of rotatable bonds is 4. The maximum Gasteiger partial charge on any atom is 0.308 e. The van der Waals surface area contributed by atoms with E-state index in [1.807, 2.05) is 6.08 Å². The number of nitrogens with zero attached hydrogens (tertiary/aromatic N) is 3. The molecule has 0 bridgehead atoms. The summed E-state index contributed by atoms with van der Waals surface area (Å²) in [6.45, 7) is 13.5. The molecular weight excluding hydrogens is 382 g/mol. The SMILES string of the molecule is C/C(=C/c1cn(S(=O)(=O)N(C)C)cn1)c1cc2c(cc1C)C(C)(C)CCC2(C)C. The molecule has 1 aromatic carbocycles. The molecule has 0 amide bonds. The lowest BCUT2D eigenvalue weighted by Crippen LogP contribution is -2.34. The highest BCUT2D eigenvalue weighted by Gasteiger charge is 2.37. The molecule has 158 valence electrons. The summed E-state index contributed by atoms with van der Waals surface area (Å²) in [4.78, 5) is 4.28. The van der Waals surface area contributed by atoms with Crippen LogP contribution < -0.4 is 0 Å². The normalized spacial score (nSPS) is 18.7. The molecule has 3 rings (SSSR count). The molecule has 0 N–H and O–H groups in total. The second-order valence-electron chi connectivity index (χ2n) is 9.73. The number of aryl methyl sites for hydroxylation is 1. The van der Waals surface area contributed by atoms with E-state index in [1.165, 1.54) is 59.8 Å². The number of aromatic nitrogens is 2. The molecule has 0 spiro atoms. The molecule has 1 aliphatic carbocycles. The first-order valence-corrected chi connectivity index (χ1v) is 11.5. The molecule has 0 saturated heterocycles. The van der Waals surface area contributed by atoms with E-state index in [0.29, 0.717) is 5.69 Å². The lowest BCUT2D eigenvalue weighted by atomic mass is 9.62. The number of allylic oxidation sites excluding steroid dienone is 1. The zero-order valence-electron chi connectivity index (χ0n) is 18.9. The highest BCUT2D eigenvalue weighted by atomic mass is 32.2. The summed E-state index contributed by atoms with van der Waals surface area (Å²) in [6.07, 6.45) is 7.22. The Morgan fingerprint density at radius 2 is 1.66 bits per heavy atom. The predicted molar refractivity (Wildman–Crippen MR) is 120 cm³/mol. The minimum atomic E-state index is -3.55. The lowest BCUT2D eigenvalue weighted by Gasteiger charge is -2.42. The molecule has 29 heavy (non-hydrogen) atoms. The van der Waals surface area contributed by atoms with Gasteiger partial charge in [-0.15, -0.1) is 0 Å². The summed E-state index contributed by atoms with van der Waals surface area (Å²) in [6, 6.07) is 4.68. The van der Waals surface area contributed by atoms with E-state index in [4.69, 9.17) is 0 Å². The summed E-state index contributed by atoms with van der Waals surface area (Å²) in [7, 11) is -0.527. The van der Waals surface area contributed by atoms with Crippen molar-refractivity contribution in [2.45, 2.75) is 65.2 Å². The predicted octanol–water partition coefficient (Wildman–Crippen LogP) is 4.76. The van der Waals surface area contributed by atoms with Crippen LogP contribution in [0.2, 0.25) is 0 Å². The molecule has 0 unspecified atom stereocenters. The Labute approximate surface area is 175 Å². The van der Waals surface area contributed by atoms with E-state index in [2.05, 4.69) is 58.7 Å². The topological polar surface area (TPSA) is 55.2 Å². The average molecular weight is 416 g/mol. The molecule has 0 fully saturated rings. The van der Waals surface area contributed by atoms with Gasteiger partial charge in [-0.1, -0.05) is 39.8 Å². The number of hydrogen-bond acceptors (Lipinski definition) is 3. The molecule has 0 radical (unpaired) electrons. The molecule has 6 heteroatoms. The molecule has 2 aromatic rings. The number of fused-ring (bicyclic) bond motifs is 1. The van der Waals surface area contributed by atoms with Gasteiger partial charge in [0.25, 0.3) is 0 Å². The van der Waals surface area contributed by atoms with Crippen molar-refractivity contribution in [3.8, 4) is 0 Å². The minimum absolute atomic E-state index is 0.148. The standard InChI is InChI=1S/C23H33N3O2S/c1-16(11-18-14-26(15-24-18)29(27,28)25(7)8)19-13-21-20(12-17(19)2)22(3,4)9-10-23(21,5)6/h11-15H,9-10H2,1-8H3/b16-11-. The molecule has 0 saturated carbocycles. The van der Waals surface area contributed by atoms with Crippen molar-refractivity contribution in [1.82, 2.24) is 13.3 Å². The maximum atomic E-state index is 12.3. The largest absolute Gasteiger partial charge is 0.308 e. The van der Waals surface area contributed by atoms with Crippen LogP contribution in [0.4, 0.5) is 0 Å². The van der Waals surface area contributed by atoms with Crippen LogP contribution in [0, 0.1) is 6.92 Å². The molecule has 0 aliphatic heterocycles. The summed E-state index contributed by atoms with van der Waals surface area (Å²) in [5.74, 6) is 0. The van der Waals surface area contributed by atoms with Crippen molar-refractivity contribution in [3.63, 3.8) is 0 Å². The third-order valence-electron chi connectivity index (χ3n) is 6.29. The van der Waals surface area contributed by atoms with Crippen molar-refractivity contribution in [3.05, 3.63) is 52.6 Å². The van der Waals surface area contributed by atoms with Crippen LogP contribution in [0.5, 0.6) is 0 Å². The number of hydrogen-bond donors (Lipinski definition) is 0. The van der Waals surface area contributed by atoms with Gasteiger partial charge in [0.15, 0.2) is 0 Å². The maximum absolute atomic E-state index is 12.3. The van der Waals surface area contributed by atoms with Gasteiger partial charge in [0.1, 0.15) is 6.33 Å². The molecule has 5 nitrogen and oxygen atoms in total. The van der Waals surface area contributed by atoms with Crippen LogP contribution in [0.25, 0.3) is 11.6 Å². The molecule has 1 aromatic heterocycles. The monoisotopic (exact) mass is 415 g/mol. The van der Waals surface area contributed by atoms with Crippen molar-refractivity contribution in [2.75, 3.05) is 14.1 Å². The van der Waals surface area contributed by atoms with Crippen LogP contribution in [-0.2, 0) is 21.0 Å². The summed E-state index contributed by atoms with van der Waals surface area (Å²) in [5.41, 5.74) is 7.34. The first kappa shape index (κ1) is 21.8. The zero-order valence-corrected chi connectivity index (χ0v) is 19.7. The van der Waals surface area contributed by atoms with Gasteiger partial charge in [-0.2, -0.15) is 12.7 Å². The van der Waals surface area contributed by atoms with Gasteiger partial charge >= 0.3 is 10.2 Å². The van der Waals surface area contributed by atoms with E-state index in [0.717, 1.165) is 9.55 Å². The quantitative estimate of drug-likeness (QED) is 0.724. The Hall–Kier alpha value is -1.92. The van der Waals surface area contributed by atoms with Crippen LogP contribution in [-0.4, -0.2) is 35.8 Å². The van der Waals surface area contributed by atoms with E-state index >= 15 is 0 Å². The number of imidazole rings is 1. The van der Waals surface area contributed by atoms with Crippen LogP contribution >= 0.6 is 0 Å². The average Bonchev–Trinajstić information content (AvgIpc) is 3.07. The summed E-state index contributed by atoms with van der Waals surface area (Å²) >= 11 is 0. The van der Waals surface area contributed by atoms with E-state index < -0.39 is 10.2 Å². The molecule has 0 atom stereocenters. The third kappa shape index (κ3) is 3.92. The van der Waals surface area contributed by atoms with Gasteiger partial charge in [0.2, 0.25) is 0 Å². The Bertz CT molecular complexity index is 1070. The van der Waals surface area contributed by atoms with Crippen molar-refractivity contribution < 1.29 is 8.42 Å². The van der Waals surface area contributed by atoms with Gasteiger partial charge in [-0.25, -0.2) is 8.96 Å². The smallest absolute Gasteiger partial charge is 0.236 e.